The standard InChI is InChI=1S/C19H25N3O3S/c1-4-5-6-16-15(13(3)25-22-16)7-8-17-20-12(2)18(26-17)19(23)21-14-9-10-24-11-14/h7-8,14H,4-6,9-11H2,1-3H3,(H,21,23)/b8-7+. The van der Waals surface area contributed by atoms with Crippen molar-refractivity contribution in [1.82, 2.24) is 15.5 Å². The van der Waals surface area contributed by atoms with Gasteiger partial charge >= 0.3 is 0 Å². The molecule has 140 valence electrons. The summed E-state index contributed by atoms with van der Waals surface area (Å²) in [7, 11) is 0. The van der Waals surface area contributed by atoms with Gasteiger partial charge in [-0.25, -0.2) is 4.98 Å². The smallest absolute Gasteiger partial charge is 0.263 e. The van der Waals surface area contributed by atoms with E-state index in [2.05, 4.69) is 22.4 Å². The van der Waals surface area contributed by atoms with E-state index < -0.39 is 0 Å². The van der Waals surface area contributed by atoms with Gasteiger partial charge < -0.3 is 14.6 Å². The van der Waals surface area contributed by atoms with Crippen molar-refractivity contribution in [2.45, 2.75) is 52.5 Å². The number of ether oxygens (including phenoxy) is 1. The summed E-state index contributed by atoms with van der Waals surface area (Å²) in [6.07, 6.45) is 7.89. The van der Waals surface area contributed by atoms with Crippen LogP contribution < -0.4 is 5.32 Å². The van der Waals surface area contributed by atoms with E-state index in [4.69, 9.17) is 9.26 Å². The molecule has 0 aromatic carbocycles. The second-order valence-corrected chi connectivity index (χ2v) is 7.57. The van der Waals surface area contributed by atoms with Crippen molar-refractivity contribution < 1.29 is 14.1 Å². The first-order valence-electron chi connectivity index (χ1n) is 9.07. The summed E-state index contributed by atoms with van der Waals surface area (Å²) in [5, 5.41) is 7.98. The van der Waals surface area contributed by atoms with Crippen molar-refractivity contribution in [3.63, 3.8) is 0 Å². The zero-order chi connectivity index (χ0) is 18.5. The van der Waals surface area contributed by atoms with Gasteiger partial charge in [0.05, 0.1) is 24.0 Å². The number of thiazole rings is 1. The molecule has 0 spiro atoms. The van der Waals surface area contributed by atoms with Crippen LogP contribution in [-0.4, -0.2) is 35.3 Å². The van der Waals surface area contributed by atoms with Gasteiger partial charge in [-0.3, -0.25) is 4.79 Å². The first-order valence-corrected chi connectivity index (χ1v) is 9.89. The number of carbonyl (C=O) groups excluding carboxylic acids is 1. The summed E-state index contributed by atoms with van der Waals surface area (Å²) in [5.74, 6) is 0.736. The van der Waals surface area contributed by atoms with Crippen molar-refractivity contribution in [3.05, 3.63) is 32.6 Å². The highest BCUT2D eigenvalue weighted by Gasteiger charge is 2.21. The van der Waals surface area contributed by atoms with Crippen LogP contribution in [0.15, 0.2) is 4.52 Å². The van der Waals surface area contributed by atoms with Crippen LogP contribution in [-0.2, 0) is 11.2 Å². The third kappa shape index (κ3) is 4.40. The zero-order valence-corrected chi connectivity index (χ0v) is 16.3. The van der Waals surface area contributed by atoms with Gasteiger partial charge in [0.15, 0.2) is 0 Å². The lowest BCUT2D eigenvalue weighted by Gasteiger charge is -2.09. The third-order valence-corrected chi connectivity index (χ3v) is 5.55. The molecule has 3 heterocycles. The van der Waals surface area contributed by atoms with Crippen molar-refractivity contribution in [2.24, 2.45) is 0 Å². The SMILES string of the molecule is CCCCc1noc(C)c1/C=C/c1nc(C)c(C(=O)NC2CCOC2)s1. The zero-order valence-electron chi connectivity index (χ0n) is 15.5. The molecule has 2 aromatic rings. The summed E-state index contributed by atoms with van der Waals surface area (Å²) in [6, 6.07) is 0.101. The van der Waals surface area contributed by atoms with Crippen LogP contribution in [0.5, 0.6) is 0 Å². The number of nitrogens with one attached hydrogen (secondary N) is 1. The van der Waals surface area contributed by atoms with Gasteiger partial charge in [0.1, 0.15) is 15.6 Å². The highest BCUT2D eigenvalue weighted by molar-refractivity contribution is 7.14. The highest BCUT2D eigenvalue weighted by Crippen LogP contribution is 2.23. The predicted octanol–water partition coefficient (Wildman–Crippen LogP) is 3.78. The number of unbranched alkanes of at least 4 members (excludes halogenated alkanes) is 1. The second-order valence-electron chi connectivity index (χ2n) is 6.54. The van der Waals surface area contributed by atoms with Gasteiger partial charge in [0.25, 0.3) is 5.91 Å². The molecule has 0 saturated carbocycles. The topological polar surface area (TPSA) is 77.2 Å². The molecule has 1 N–H and O–H groups in total. The van der Waals surface area contributed by atoms with E-state index in [1.54, 1.807) is 0 Å². The van der Waals surface area contributed by atoms with Gasteiger partial charge in [-0.05, 0) is 45.3 Å². The van der Waals surface area contributed by atoms with Crippen LogP contribution >= 0.6 is 11.3 Å². The number of amides is 1. The van der Waals surface area contributed by atoms with Gasteiger partial charge in [-0.15, -0.1) is 11.3 Å². The van der Waals surface area contributed by atoms with E-state index in [0.717, 1.165) is 53.4 Å². The Hall–Kier alpha value is -1.99. The Morgan fingerprint density at radius 3 is 2.96 bits per heavy atom. The molecule has 1 atom stereocenters. The number of aryl methyl sites for hydroxylation is 3. The molecule has 2 aromatic heterocycles. The van der Waals surface area contributed by atoms with E-state index in [-0.39, 0.29) is 11.9 Å². The van der Waals surface area contributed by atoms with Crippen LogP contribution in [0.1, 0.15) is 63.6 Å². The van der Waals surface area contributed by atoms with Crippen molar-refractivity contribution >= 4 is 29.4 Å². The summed E-state index contributed by atoms with van der Waals surface area (Å²) in [5.41, 5.74) is 2.74. The molecule has 7 heteroatoms. The molecule has 1 unspecified atom stereocenters. The molecular formula is C19H25N3O3S. The Morgan fingerprint density at radius 1 is 1.38 bits per heavy atom. The number of aromatic nitrogens is 2. The molecule has 0 radical (unpaired) electrons. The Morgan fingerprint density at radius 2 is 2.23 bits per heavy atom. The Balaban J connectivity index is 1.72. The van der Waals surface area contributed by atoms with Crippen LogP contribution in [0.2, 0.25) is 0 Å². The minimum absolute atomic E-state index is 0.0695. The molecule has 3 rings (SSSR count). The maximum absolute atomic E-state index is 12.4. The molecule has 1 fully saturated rings. The predicted molar refractivity (Wildman–Crippen MR) is 102 cm³/mol. The fourth-order valence-electron chi connectivity index (χ4n) is 2.92. The second kappa shape index (κ2) is 8.60. The lowest BCUT2D eigenvalue weighted by Crippen LogP contribution is -2.34. The van der Waals surface area contributed by atoms with Crippen LogP contribution in [0.25, 0.3) is 12.2 Å². The number of nitrogens with zero attached hydrogens (tertiary/aromatic N) is 2. The summed E-state index contributed by atoms with van der Waals surface area (Å²) >= 11 is 1.40. The molecule has 1 aliphatic heterocycles. The van der Waals surface area contributed by atoms with Gasteiger partial charge in [0, 0.05) is 12.2 Å². The first-order chi connectivity index (χ1) is 12.6. The summed E-state index contributed by atoms with van der Waals surface area (Å²) in [4.78, 5) is 17.6. The summed E-state index contributed by atoms with van der Waals surface area (Å²) in [6.45, 7) is 7.23. The Bertz CT molecular complexity index is 788. The van der Waals surface area contributed by atoms with E-state index in [1.165, 1.54) is 11.3 Å². The van der Waals surface area contributed by atoms with E-state index >= 15 is 0 Å². The maximum Gasteiger partial charge on any atom is 0.263 e. The maximum atomic E-state index is 12.4. The quantitative estimate of drug-likeness (QED) is 0.797. The molecule has 6 nitrogen and oxygen atoms in total. The molecule has 0 bridgehead atoms. The normalized spacial score (nSPS) is 17.3. The fourth-order valence-corrected chi connectivity index (χ4v) is 3.79. The van der Waals surface area contributed by atoms with Gasteiger partial charge in [-0.1, -0.05) is 18.5 Å². The number of hydrogen-bond donors (Lipinski definition) is 1. The number of carbonyl (C=O) groups is 1. The summed E-state index contributed by atoms with van der Waals surface area (Å²) < 4.78 is 10.6. The van der Waals surface area contributed by atoms with Crippen molar-refractivity contribution in [1.29, 1.82) is 0 Å². The minimum atomic E-state index is -0.0695. The van der Waals surface area contributed by atoms with E-state index in [0.29, 0.717) is 18.1 Å². The minimum Gasteiger partial charge on any atom is -0.379 e. The van der Waals surface area contributed by atoms with Crippen molar-refractivity contribution in [3.8, 4) is 0 Å². The Labute approximate surface area is 157 Å². The van der Waals surface area contributed by atoms with E-state index in [1.807, 2.05) is 26.0 Å². The van der Waals surface area contributed by atoms with Gasteiger partial charge in [0.2, 0.25) is 0 Å². The van der Waals surface area contributed by atoms with Crippen LogP contribution in [0, 0.1) is 13.8 Å². The van der Waals surface area contributed by atoms with Crippen LogP contribution in [0.3, 0.4) is 0 Å². The monoisotopic (exact) mass is 375 g/mol. The molecule has 1 saturated heterocycles. The highest BCUT2D eigenvalue weighted by atomic mass is 32.1. The van der Waals surface area contributed by atoms with Crippen LogP contribution in [0.4, 0.5) is 0 Å². The molecule has 26 heavy (non-hydrogen) atoms. The number of rotatable bonds is 7. The van der Waals surface area contributed by atoms with Gasteiger partial charge in [-0.2, -0.15) is 0 Å². The Kier molecular flexibility index (Phi) is 6.21. The first kappa shape index (κ1) is 18.8. The average molecular weight is 375 g/mol. The molecule has 1 aliphatic rings. The lowest BCUT2D eigenvalue weighted by molar-refractivity contribution is 0.0933. The average Bonchev–Trinajstić information content (AvgIpc) is 3.33. The molecule has 0 aliphatic carbocycles. The molecular weight excluding hydrogens is 350 g/mol. The fraction of sp³-hybridized carbons (Fsp3) is 0.526. The van der Waals surface area contributed by atoms with E-state index in [9.17, 15) is 4.79 Å². The van der Waals surface area contributed by atoms with Crippen molar-refractivity contribution in [2.75, 3.05) is 13.2 Å². The molecule has 1 amide bonds. The largest absolute Gasteiger partial charge is 0.379 e. The lowest BCUT2D eigenvalue weighted by atomic mass is 10.1. The third-order valence-electron chi connectivity index (χ3n) is 4.43. The number of hydrogen-bond acceptors (Lipinski definition) is 6.